The van der Waals surface area contributed by atoms with Crippen LogP contribution in [-0.2, 0) is 0 Å². The fourth-order valence-corrected chi connectivity index (χ4v) is 2.62. The summed E-state index contributed by atoms with van der Waals surface area (Å²) in [6.07, 6.45) is 0. The highest BCUT2D eigenvalue weighted by molar-refractivity contribution is 7.71. The van der Waals surface area contributed by atoms with E-state index in [0.717, 1.165) is 5.52 Å². The number of rotatable bonds is 2. The Morgan fingerprint density at radius 2 is 2.19 bits per heavy atom. The van der Waals surface area contributed by atoms with E-state index in [1.807, 2.05) is 12.1 Å². The number of nitrogens with one attached hydrogen (secondary N) is 1. The van der Waals surface area contributed by atoms with Crippen molar-refractivity contribution in [1.29, 1.82) is 5.26 Å². The Balaban J connectivity index is 2.32. The third-order valence-corrected chi connectivity index (χ3v) is 3.62. The second kappa shape index (κ2) is 5.20. The van der Waals surface area contributed by atoms with E-state index in [4.69, 9.17) is 33.8 Å². The fraction of sp³-hybridized carbons (Fsp3) is 0.0714. The Kier molecular flexibility index (Phi) is 3.37. The Labute approximate surface area is 130 Å². The molecule has 0 saturated heterocycles. The van der Waals surface area contributed by atoms with Crippen molar-refractivity contribution in [2.24, 2.45) is 0 Å². The summed E-state index contributed by atoms with van der Waals surface area (Å²) in [5, 5.41) is 9.33. The molecule has 5 nitrogen and oxygen atoms in total. The maximum Gasteiger partial charge on any atom is 0.215 e. The molecule has 104 valence electrons. The number of methoxy groups -OCH3 is 1. The quantitative estimate of drug-likeness (QED) is 0.733. The predicted octanol–water partition coefficient (Wildman–Crippen LogP) is 3.62. The van der Waals surface area contributed by atoms with Crippen LogP contribution in [0.1, 0.15) is 5.56 Å². The predicted molar refractivity (Wildman–Crippen MR) is 82.5 cm³/mol. The third-order valence-electron chi connectivity index (χ3n) is 3.03. The summed E-state index contributed by atoms with van der Waals surface area (Å²) in [6.45, 7) is 0. The summed E-state index contributed by atoms with van der Waals surface area (Å²) in [5.74, 6) is 0.481. The van der Waals surface area contributed by atoms with Gasteiger partial charge in [-0.2, -0.15) is 10.2 Å². The topological polar surface area (TPSA) is 66.6 Å². The molecule has 0 aliphatic heterocycles. The summed E-state index contributed by atoms with van der Waals surface area (Å²) in [7, 11) is 1.55. The van der Waals surface area contributed by atoms with E-state index in [-0.39, 0.29) is 0 Å². The van der Waals surface area contributed by atoms with E-state index in [1.54, 1.807) is 35.9 Å². The first-order chi connectivity index (χ1) is 10.1. The van der Waals surface area contributed by atoms with Crippen molar-refractivity contribution in [3.63, 3.8) is 0 Å². The largest absolute Gasteiger partial charge is 0.481 e. The zero-order chi connectivity index (χ0) is 15.0. The Morgan fingerprint density at radius 3 is 2.86 bits per heavy atom. The van der Waals surface area contributed by atoms with Crippen molar-refractivity contribution in [3.05, 3.63) is 45.7 Å². The van der Waals surface area contributed by atoms with Gasteiger partial charge in [-0.15, -0.1) is 0 Å². The molecule has 7 heteroatoms. The highest BCUT2D eigenvalue weighted by Crippen LogP contribution is 2.26. The van der Waals surface area contributed by atoms with E-state index in [2.05, 4.69) is 9.97 Å². The number of H-pyrrole nitrogens is 1. The normalized spacial score (nSPS) is 10.5. The fourth-order valence-electron chi connectivity index (χ4n) is 2.06. The van der Waals surface area contributed by atoms with Gasteiger partial charge in [-0.1, -0.05) is 11.6 Å². The van der Waals surface area contributed by atoms with Crippen LogP contribution in [0, 0.1) is 16.1 Å². The van der Waals surface area contributed by atoms with Crippen LogP contribution < -0.4 is 4.74 Å². The van der Waals surface area contributed by atoms with Gasteiger partial charge in [-0.05, 0) is 36.5 Å². The third kappa shape index (κ3) is 2.27. The molecule has 0 atom stereocenters. The molecule has 0 aliphatic carbocycles. The van der Waals surface area contributed by atoms with Crippen LogP contribution in [-0.4, -0.2) is 21.6 Å². The monoisotopic (exact) mass is 316 g/mol. The summed E-state index contributed by atoms with van der Waals surface area (Å²) in [6, 6.07) is 10.7. The van der Waals surface area contributed by atoms with Crippen molar-refractivity contribution in [1.82, 2.24) is 14.5 Å². The first-order valence-corrected chi connectivity index (χ1v) is 6.78. The number of halogens is 1. The molecule has 1 N–H and O–H groups in total. The van der Waals surface area contributed by atoms with Crippen molar-refractivity contribution in [3.8, 4) is 17.6 Å². The van der Waals surface area contributed by atoms with Gasteiger partial charge in [-0.25, -0.2) is 0 Å². The number of fused-ring (bicyclic) bond motifs is 1. The molecule has 0 spiro atoms. The van der Waals surface area contributed by atoms with Gasteiger partial charge in [0.1, 0.15) is 0 Å². The number of nitriles is 1. The SMILES string of the molecule is COc1ccc2[nH]c(=S)n(-c3ccc(C#N)cc3Cl)c2n1. The number of ether oxygens (including phenoxy) is 1. The number of hydrogen-bond acceptors (Lipinski definition) is 4. The molecule has 2 aromatic heterocycles. The highest BCUT2D eigenvalue weighted by Gasteiger charge is 2.12. The Bertz CT molecular complexity index is 938. The second-order valence-electron chi connectivity index (χ2n) is 4.27. The number of aromatic amines is 1. The maximum absolute atomic E-state index is 8.91. The van der Waals surface area contributed by atoms with E-state index in [9.17, 15) is 0 Å². The lowest BCUT2D eigenvalue weighted by Crippen LogP contribution is -1.98. The van der Waals surface area contributed by atoms with Crippen LogP contribution in [0.2, 0.25) is 5.02 Å². The molecule has 0 saturated carbocycles. The van der Waals surface area contributed by atoms with Crippen LogP contribution in [0.5, 0.6) is 5.88 Å². The van der Waals surface area contributed by atoms with Gasteiger partial charge in [0.05, 0.1) is 35.0 Å². The van der Waals surface area contributed by atoms with Crippen LogP contribution in [0.25, 0.3) is 16.9 Å². The first kappa shape index (κ1) is 13.6. The minimum Gasteiger partial charge on any atom is -0.481 e. The van der Waals surface area contributed by atoms with Gasteiger partial charge in [0, 0.05) is 6.07 Å². The molecule has 0 bridgehead atoms. The molecular formula is C14H9ClN4OS. The van der Waals surface area contributed by atoms with Gasteiger partial charge < -0.3 is 9.72 Å². The molecule has 21 heavy (non-hydrogen) atoms. The Morgan fingerprint density at radius 1 is 1.38 bits per heavy atom. The zero-order valence-electron chi connectivity index (χ0n) is 10.9. The molecule has 0 fully saturated rings. The first-order valence-electron chi connectivity index (χ1n) is 6.00. The van der Waals surface area contributed by atoms with Gasteiger partial charge >= 0.3 is 0 Å². The van der Waals surface area contributed by atoms with Crippen LogP contribution in [0.15, 0.2) is 30.3 Å². The number of benzene rings is 1. The average molecular weight is 317 g/mol. The molecule has 1 aromatic carbocycles. The second-order valence-corrected chi connectivity index (χ2v) is 5.06. The van der Waals surface area contributed by atoms with Gasteiger partial charge in [0.15, 0.2) is 10.4 Å². The number of imidazole rings is 1. The van der Waals surface area contributed by atoms with Crippen LogP contribution in [0.4, 0.5) is 0 Å². The summed E-state index contributed by atoms with van der Waals surface area (Å²) in [5.41, 5.74) is 2.54. The van der Waals surface area contributed by atoms with E-state index in [1.165, 1.54) is 0 Å². The lowest BCUT2D eigenvalue weighted by molar-refractivity contribution is 0.399. The number of aromatic nitrogens is 3. The zero-order valence-corrected chi connectivity index (χ0v) is 12.5. The molecule has 3 aromatic rings. The standard InChI is InChI=1S/C14H9ClN4OS/c1-20-12-5-3-10-13(18-12)19(14(21)17-10)11-4-2-8(7-16)6-9(11)15/h2-6H,1H3,(H,17,21). The molecular weight excluding hydrogens is 308 g/mol. The van der Waals surface area contributed by atoms with Crippen molar-refractivity contribution in [2.45, 2.75) is 0 Å². The number of hydrogen-bond donors (Lipinski definition) is 1. The lowest BCUT2D eigenvalue weighted by atomic mass is 10.2. The van der Waals surface area contributed by atoms with E-state index < -0.39 is 0 Å². The van der Waals surface area contributed by atoms with Crippen molar-refractivity contribution < 1.29 is 4.74 Å². The summed E-state index contributed by atoms with van der Waals surface area (Å²) in [4.78, 5) is 7.46. The van der Waals surface area contributed by atoms with Crippen molar-refractivity contribution >= 4 is 35.0 Å². The molecule has 0 radical (unpaired) electrons. The molecule has 2 heterocycles. The lowest BCUT2D eigenvalue weighted by Gasteiger charge is -2.07. The van der Waals surface area contributed by atoms with Crippen LogP contribution >= 0.6 is 23.8 Å². The number of pyridine rings is 1. The smallest absolute Gasteiger partial charge is 0.215 e. The van der Waals surface area contributed by atoms with Gasteiger partial charge in [0.2, 0.25) is 5.88 Å². The van der Waals surface area contributed by atoms with Gasteiger partial charge in [-0.3, -0.25) is 4.57 Å². The minimum atomic E-state index is 0.427. The van der Waals surface area contributed by atoms with E-state index in [0.29, 0.717) is 32.6 Å². The van der Waals surface area contributed by atoms with Crippen molar-refractivity contribution in [2.75, 3.05) is 7.11 Å². The molecule has 0 unspecified atom stereocenters. The maximum atomic E-state index is 8.91. The minimum absolute atomic E-state index is 0.427. The van der Waals surface area contributed by atoms with E-state index >= 15 is 0 Å². The average Bonchev–Trinajstić information content (AvgIpc) is 2.82. The van der Waals surface area contributed by atoms with Crippen LogP contribution in [0.3, 0.4) is 0 Å². The summed E-state index contributed by atoms with van der Waals surface area (Å²) >= 11 is 11.6. The summed E-state index contributed by atoms with van der Waals surface area (Å²) < 4.78 is 7.33. The number of nitrogens with zero attached hydrogens (tertiary/aromatic N) is 3. The van der Waals surface area contributed by atoms with Gasteiger partial charge in [0.25, 0.3) is 0 Å². The highest BCUT2D eigenvalue weighted by atomic mass is 35.5. The Hall–Kier alpha value is -2.36. The molecule has 0 amide bonds. The molecule has 3 rings (SSSR count). The molecule has 0 aliphatic rings.